The normalized spacial score (nSPS) is 11.1. The molecule has 0 aliphatic rings. The van der Waals surface area contributed by atoms with Crippen LogP contribution in [0.4, 0.5) is 43.9 Å². The van der Waals surface area contributed by atoms with Gasteiger partial charge >= 0.3 is 0 Å². The summed E-state index contributed by atoms with van der Waals surface area (Å²) < 4.78 is 146. The summed E-state index contributed by atoms with van der Waals surface area (Å²) >= 11 is 0. The molecule has 0 radical (unpaired) electrons. The largest absolute Gasteiger partial charge is 0.494 e. The fourth-order valence-electron chi connectivity index (χ4n) is 3.16. The molecule has 0 heterocycles. The Hall–Kier alpha value is -3.18. The Bertz CT molecular complexity index is 1080. The van der Waals surface area contributed by atoms with E-state index in [0.29, 0.717) is 0 Å². The predicted octanol–water partition coefficient (Wildman–Crippen LogP) is 3.60. The number of benzene rings is 3. The quantitative estimate of drug-likeness (QED) is 0.334. The Morgan fingerprint density at radius 3 is 1.29 bits per heavy atom. The molecule has 0 atom stereocenters. The van der Waals surface area contributed by atoms with E-state index < -0.39 is 87.0 Å². The van der Waals surface area contributed by atoms with E-state index in [1.54, 1.807) is 0 Å². The fourth-order valence-corrected chi connectivity index (χ4v) is 3.16. The van der Waals surface area contributed by atoms with Crippen molar-refractivity contribution < 1.29 is 48.6 Å². The van der Waals surface area contributed by atoms with Crippen molar-refractivity contribution in [3.05, 3.63) is 82.4 Å². The van der Waals surface area contributed by atoms with Crippen LogP contribution in [-0.2, 0) is 0 Å². The van der Waals surface area contributed by atoms with Gasteiger partial charge in [-0.2, -0.15) is 0 Å². The molecule has 0 aromatic heterocycles. The lowest BCUT2D eigenvalue weighted by molar-refractivity contribution is 0.387. The first-order valence-corrected chi connectivity index (χ1v) is 8.18. The van der Waals surface area contributed by atoms with Crippen molar-refractivity contribution in [3.63, 3.8) is 0 Å². The summed E-state index contributed by atoms with van der Waals surface area (Å²) in [5, 5.41) is 0. The third kappa shape index (κ3) is 3.70. The van der Waals surface area contributed by atoms with E-state index in [0.717, 1.165) is 7.11 Å². The van der Waals surface area contributed by atoms with E-state index in [9.17, 15) is 43.9 Å². The number of hydrogen-bond donors (Lipinski definition) is 0. The van der Waals surface area contributed by atoms with Crippen molar-refractivity contribution >= 4 is 23.1 Å². The Morgan fingerprint density at radius 2 is 0.935 bits per heavy atom. The first-order valence-electron chi connectivity index (χ1n) is 8.18. The van der Waals surface area contributed by atoms with Crippen LogP contribution < -0.4 is 21.1 Å². The van der Waals surface area contributed by atoms with Crippen molar-refractivity contribution in [1.29, 1.82) is 0 Å². The molecule has 0 saturated heterocycles. The standard InChI is InChI=1S/C19H7BF10O/c1-31-19-7(2-6(21)3-12(19)26)20(13-15(27)8(22)4-9(23)16(13)28)14-17(29)10(24)5-11(25)18(14)30/h2-5H,1H3. The second-order valence-corrected chi connectivity index (χ2v) is 6.21. The monoisotopic (exact) mass is 452 g/mol. The van der Waals surface area contributed by atoms with Crippen LogP contribution in [0, 0.1) is 58.2 Å². The fraction of sp³-hybridized carbons (Fsp3) is 0.0526. The summed E-state index contributed by atoms with van der Waals surface area (Å²) in [7, 11) is 0.772. The van der Waals surface area contributed by atoms with Gasteiger partial charge < -0.3 is 4.74 Å². The summed E-state index contributed by atoms with van der Waals surface area (Å²) in [5.41, 5.74) is -4.71. The van der Waals surface area contributed by atoms with Gasteiger partial charge in [0, 0.05) is 29.1 Å². The number of hydrogen-bond acceptors (Lipinski definition) is 1. The molecule has 0 N–H and O–H groups in total. The zero-order valence-electron chi connectivity index (χ0n) is 15.1. The van der Waals surface area contributed by atoms with Crippen LogP contribution in [0.25, 0.3) is 0 Å². The van der Waals surface area contributed by atoms with Gasteiger partial charge in [0.1, 0.15) is 11.6 Å². The number of rotatable bonds is 4. The van der Waals surface area contributed by atoms with Gasteiger partial charge in [0.2, 0.25) is 0 Å². The highest BCUT2D eigenvalue weighted by atomic mass is 19.2. The average Bonchev–Trinajstić information content (AvgIpc) is 2.69. The van der Waals surface area contributed by atoms with Gasteiger partial charge in [-0.05, 0) is 11.5 Å². The summed E-state index contributed by atoms with van der Waals surface area (Å²) in [6, 6.07) is 0.00802. The maximum atomic E-state index is 14.5. The highest BCUT2D eigenvalue weighted by Crippen LogP contribution is 2.21. The molecule has 3 rings (SSSR count). The van der Waals surface area contributed by atoms with E-state index in [4.69, 9.17) is 0 Å². The molecule has 0 amide bonds. The van der Waals surface area contributed by atoms with Crippen LogP contribution >= 0.6 is 0 Å². The molecule has 0 aliphatic heterocycles. The van der Waals surface area contributed by atoms with Gasteiger partial charge in [0.05, 0.1) is 7.11 Å². The summed E-state index contributed by atoms with van der Waals surface area (Å²) in [6.07, 6.45) is 0. The Morgan fingerprint density at radius 1 is 0.548 bits per heavy atom. The first kappa shape index (κ1) is 22.5. The highest BCUT2D eigenvalue weighted by Gasteiger charge is 2.40. The Labute approximate surface area is 168 Å². The van der Waals surface area contributed by atoms with Crippen LogP contribution in [0.1, 0.15) is 0 Å². The minimum Gasteiger partial charge on any atom is -0.494 e. The third-order valence-corrected chi connectivity index (χ3v) is 4.42. The van der Waals surface area contributed by atoms with Gasteiger partial charge in [-0.25, -0.2) is 43.9 Å². The van der Waals surface area contributed by atoms with Crippen molar-refractivity contribution in [2.24, 2.45) is 0 Å². The van der Waals surface area contributed by atoms with E-state index in [2.05, 4.69) is 4.74 Å². The lowest BCUT2D eigenvalue weighted by atomic mass is 9.36. The maximum absolute atomic E-state index is 14.5. The minimum absolute atomic E-state index is 0.219. The number of methoxy groups -OCH3 is 1. The SMILES string of the molecule is COc1c(F)cc(F)cc1B(c1c(F)c(F)cc(F)c1F)c1c(F)c(F)cc(F)c1F. The molecule has 0 bridgehead atoms. The smallest absolute Gasteiger partial charge is 0.262 e. The average molecular weight is 452 g/mol. The molecular formula is C19H7BF10O. The molecule has 0 spiro atoms. The first-order chi connectivity index (χ1) is 14.5. The third-order valence-electron chi connectivity index (χ3n) is 4.42. The van der Waals surface area contributed by atoms with Crippen LogP contribution in [0.5, 0.6) is 5.75 Å². The molecule has 0 aliphatic carbocycles. The van der Waals surface area contributed by atoms with Gasteiger partial charge in [-0.15, -0.1) is 0 Å². The summed E-state index contributed by atoms with van der Waals surface area (Å²) in [5.74, 6) is -21.2. The minimum atomic E-state index is -2.81. The molecule has 0 saturated carbocycles. The number of halogens is 10. The lowest BCUT2D eigenvalue weighted by Gasteiger charge is -2.21. The highest BCUT2D eigenvalue weighted by molar-refractivity contribution is 6.96. The van der Waals surface area contributed by atoms with Crippen LogP contribution in [0.2, 0.25) is 0 Å². The molecule has 1 nitrogen and oxygen atoms in total. The predicted molar refractivity (Wildman–Crippen MR) is 90.1 cm³/mol. The van der Waals surface area contributed by atoms with Crippen molar-refractivity contribution in [2.45, 2.75) is 0 Å². The second-order valence-electron chi connectivity index (χ2n) is 6.21. The molecule has 3 aromatic rings. The molecule has 3 aromatic carbocycles. The van der Waals surface area contributed by atoms with Gasteiger partial charge in [0.15, 0.2) is 52.4 Å². The number of ether oxygens (including phenoxy) is 1. The topological polar surface area (TPSA) is 9.23 Å². The van der Waals surface area contributed by atoms with Gasteiger partial charge in [0.25, 0.3) is 6.71 Å². The molecular weight excluding hydrogens is 445 g/mol. The van der Waals surface area contributed by atoms with Crippen LogP contribution in [-0.4, -0.2) is 13.8 Å². The maximum Gasteiger partial charge on any atom is 0.262 e. The molecule has 12 heteroatoms. The zero-order valence-corrected chi connectivity index (χ0v) is 15.1. The second kappa shape index (κ2) is 8.16. The van der Waals surface area contributed by atoms with E-state index in [-0.39, 0.29) is 24.3 Å². The molecule has 162 valence electrons. The van der Waals surface area contributed by atoms with Crippen molar-refractivity contribution in [2.75, 3.05) is 7.11 Å². The van der Waals surface area contributed by atoms with E-state index in [1.165, 1.54) is 0 Å². The van der Waals surface area contributed by atoms with Crippen LogP contribution in [0.15, 0.2) is 24.3 Å². The summed E-state index contributed by atoms with van der Waals surface area (Å²) in [4.78, 5) is 0. The molecule has 0 fully saturated rings. The molecule has 31 heavy (non-hydrogen) atoms. The Balaban J connectivity index is 2.58. The lowest BCUT2D eigenvalue weighted by Crippen LogP contribution is -2.58. The van der Waals surface area contributed by atoms with Crippen molar-refractivity contribution in [1.82, 2.24) is 0 Å². The summed E-state index contributed by atoms with van der Waals surface area (Å²) in [6.45, 7) is -2.81. The van der Waals surface area contributed by atoms with Gasteiger partial charge in [-0.1, -0.05) is 0 Å². The van der Waals surface area contributed by atoms with Crippen molar-refractivity contribution in [3.8, 4) is 5.75 Å². The van der Waals surface area contributed by atoms with Gasteiger partial charge in [-0.3, -0.25) is 0 Å². The van der Waals surface area contributed by atoms with Crippen LogP contribution in [0.3, 0.4) is 0 Å². The van der Waals surface area contributed by atoms with E-state index >= 15 is 0 Å². The zero-order chi connectivity index (χ0) is 23.2. The molecule has 0 unspecified atom stereocenters. The Kier molecular flexibility index (Phi) is 5.92. The van der Waals surface area contributed by atoms with E-state index in [1.807, 2.05) is 0 Å².